The smallest absolute Gasteiger partial charge is 0.324 e. The number of aliphatic carboxylic acids is 2. The average Bonchev–Trinajstić information content (AvgIpc) is 2.25. The minimum Gasteiger partial charge on any atom is -0.481 e. The second kappa shape index (κ2) is 3.95. The van der Waals surface area contributed by atoms with E-state index in [4.69, 9.17) is 10.8 Å². The van der Waals surface area contributed by atoms with Gasteiger partial charge in [0.1, 0.15) is 5.54 Å². The van der Waals surface area contributed by atoms with Crippen molar-refractivity contribution in [1.29, 1.82) is 0 Å². The van der Waals surface area contributed by atoms with E-state index >= 15 is 0 Å². The maximum absolute atomic E-state index is 11.7. The van der Waals surface area contributed by atoms with Gasteiger partial charge in [-0.15, -0.1) is 0 Å². The molecule has 0 heterocycles. The van der Waals surface area contributed by atoms with Crippen LogP contribution < -0.4 is 5.73 Å². The Labute approximate surface area is 112 Å². The first-order chi connectivity index (χ1) is 8.84. The zero-order valence-electron chi connectivity index (χ0n) is 11.0. The van der Waals surface area contributed by atoms with Crippen molar-refractivity contribution in [2.75, 3.05) is 0 Å². The molecule has 0 amide bonds. The Kier molecular flexibility index (Phi) is 2.68. The lowest BCUT2D eigenvalue weighted by molar-refractivity contribution is -0.168. The van der Waals surface area contributed by atoms with Gasteiger partial charge in [-0.25, -0.2) is 0 Å². The van der Waals surface area contributed by atoms with Gasteiger partial charge >= 0.3 is 11.9 Å². The first-order valence-electron chi connectivity index (χ1n) is 7.09. The summed E-state index contributed by atoms with van der Waals surface area (Å²) in [5.41, 5.74) is 4.06. The van der Waals surface area contributed by atoms with Crippen LogP contribution >= 0.6 is 0 Å². The monoisotopic (exact) mass is 267 g/mol. The quantitative estimate of drug-likeness (QED) is 0.716. The molecule has 0 aromatic heterocycles. The summed E-state index contributed by atoms with van der Waals surface area (Å²) < 4.78 is 0. The van der Waals surface area contributed by atoms with Crippen molar-refractivity contribution in [1.82, 2.24) is 0 Å². The summed E-state index contributed by atoms with van der Waals surface area (Å²) in [6.45, 7) is 0. The van der Waals surface area contributed by atoms with Crippen LogP contribution in [0.4, 0.5) is 0 Å². The van der Waals surface area contributed by atoms with Crippen molar-refractivity contribution in [3.05, 3.63) is 0 Å². The van der Waals surface area contributed by atoms with Crippen LogP contribution in [0.1, 0.15) is 44.9 Å². The molecular formula is C14H21NO4. The van der Waals surface area contributed by atoms with Gasteiger partial charge in [-0.05, 0) is 56.3 Å². The van der Waals surface area contributed by atoms with E-state index in [9.17, 15) is 14.7 Å². The normalized spacial score (nSPS) is 42.9. The SMILES string of the molecule is NC(CC(=O)O)(C(=O)O)C12CC3CC(CC(C3)C1)C2. The summed E-state index contributed by atoms with van der Waals surface area (Å²) in [5, 5.41) is 18.6. The van der Waals surface area contributed by atoms with Gasteiger partial charge in [-0.1, -0.05) is 0 Å². The van der Waals surface area contributed by atoms with Crippen LogP contribution in [0.25, 0.3) is 0 Å². The van der Waals surface area contributed by atoms with Crippen molar-refractivity contribution in [2.24, 2.45) is 28.9 Å². The zero-order chi connectivity index (χ0) is 13.8. The Balaban J connectivity index is 1.97. The van der Waals surface area contributed by atoms with E-state index in [0.717, 1.165) is 19.3 Å². The number of carboxylic acid groups (broad SMARTS) is 2. The van der Waals surface area contributed by atoms with E-state index < -0.39 is 29.3 Å². The van der Waals surface area contributed by atoms with Gasteiger partial charge in [0.25, 0.3) is 0 Å². The van der Waals surface area contributed by atoms with E-state index in [1.807, 2.05) is 0 Å². The predicted molar refractivity (Wildman–Crippen MR) is 67.4 cm³/mol. The van der Waals surface area contributed by atoms with E-state index in [2.05, 4.69) is 0 Å². The topological polar surface area (TPSA) is 101 Å². The molecule has 4 saturated carbocycles. The molecule has 0 aromatic rings. The number of nitrogens with two attached hydrogens (primary N) is 1. The van der Waals surface area contributed by atoms with Crippen LogP contribution in [-0.4, -0.2) is 27.7 Å². The van der Waals surface area contributed by atoms with Crippen molar-refractivity contribution in [2.45, 2.75) is 50.5 Å². The first-order valence-corrected chi connectivity index (χ1v) is 7.09. The molecular weight excluding hydrogens is 246 g/mol. The van der Waals surface area contributed by atoms with E-state index in [0.29, 0.717) is 17.8 Å². The van der Waals surface area contributed by atoms with E-state index in [-0.39, 0.29) is 0 Å². The van der Waals surface area contributed by atoms with Crippen LogP contribution in [0.3, 0.4) is 0 Å². The highest BCUT2D eigenvalue weighted by Crippen LogP contribution is 2.63. The summed E-state index contributed by atoms with van der Waals surface area (Å²) in [6, 6.07) is 0. The molecule has 0 radical (unpaired) electrons. The van der Waals surface area contributed by atoms with Gasteiger partial charge < -0.3 is 15.9 Å². The third kappa shape index (κ3) is 1.78. The average molecular weight is 267 g/mol. The number of hydrogen-bond donors (Lipinski definition) is 3. The highest BCUT2D eigenvalue weighted by atomic mass is 16.4. The molecule has 0 aliphatic heterocycles. The third-order valence-electron chi connectivity index (χ3n) is 5.80. The number of hydrogen-bond acceptors (Lipinski definition) is 3. The maximum Gasteiger partial charge on any atom is 0.324 e. The molecule has 1 atom stereocenters. The molecule has 5 heteroatoms. The Morgan fingerprint density at radius 1 is 1.05 bits per heavy atom. The predicted octanol–water partition coefficient (Wildman–Crippen LogP) is 1.46. The second-order valence-corrected chi connectivity index (χ2v) is 7.04. The Hall–Kier alpha value is -1.10. The van der Waals surface area contributed by atoms with Gasteiger partial charge in [0, 0.05) is 5.41 Å². The molecule has 19 heavy (non-hydrogen) atoms. The van der Waals surface area contributed by atoms with E-state index in [1.165, 1.54) is 19.3 Å². The first kappa shape index (κ1) is 12.9. The highest BCUT2D eigenvalue weighted by Gasteiger charge is 2.62. The highest BCUT2D eigenvalue weighted by molar-refractivity contribution is 5.86. The summed E-state index contributed by atoms with van der Waals surface area (Å²) in [5.74, 6) is -0.579. The Morgan fingerprint density at radius 2 is 1.47 bits per heavy atom. The van der Waals surface area contributed by atoms with Crippen molar-refractivity contribution in [3.63, 3.8) is 0 Å². The van der Waals surface area contributed by atoms with Gasteiger partial charge in [0.05, 0.1) is 6.42 Å². The summed E-state index contributed by atoms with van der Waals surface area (Å²) in [7, 11) is 0. The molecule has 4 aliphatic rings. The van der Waals surface area contributed by atoms with Gasteiger partial charge in [0.2, 0.25) is 0 Å². The number of carboxylic acids is 2. The zero-order valence-corrected chi connectivity index (χ0v) is 11.0. The van der Waals surface area contributed by atoms with Crippen LogP contribution in [-0.2, 0) is 9.59 Å². The lowest BCUT2D eigenvalue weighted by Gasteiger charge is -2.61. The third-order valence-corrected chi connectivity index (χ3v) is 5.80. The molecule has 1 unspecified atom stereocenters. The molecule has 4 fully saturated rings. The molecule has 4 bridgehead atoms. The van der Waals surface area contributed by atoms with Crippen LogP contribution in [0.2, 0.25) is 0 Å². The largest absolute Gasteiger partial charge is 0.481 e. The fraction of sp³-hybridized carbons (Fsp3) is 0.857. The molecule has 0 aromatic carbocycles. The fourth-order valence-corrected chi connectivity index (χ4v) is 5.39. The lowest BCUT2D eigenvalue weighted by atomic mass is 9.44. The fourth-order valence-electron chi connectivity index (χ4n) is 5.39. The Morgan fingerprint density at radius 3 is 1.79 bits per heavy atom. The van der Waals surface area contributed by atoms with Crippen molar-refractivity contribution < 1.29 is 19.8 Å². The molecule has 0 spiro atoms. The molecule has 4 N–H and O–H groups in total. The summed E-state index contributed by atoms with van der Waals surface area (Å²) in [6.07, 6.45) is 5.49. The maximum atomic E-state index is 11.7. The number of rotatable bonds is 4. The van der Waals surface area contributed by atoms with Gasteiger partial charge in [-0.3, -0.25) is 9.59 Å². The molecule has 4 rings (SSSR count). The second-order valence-electron chi connectivity index (χ2n) is 7.04. The van der Waals surface area contributed by atoms with Crippen molar-refractivity contribution >= 4 is 11.9 Å². The summed E-state index contributed by atoms with van der Waals surface area (Å²) >= 11 is 0. The Bertz CT molecular complexity index is 398. The van der Waals surface area contributed by atoms with Crippen LogP contribution in [0.15, 0.2) is 0 Å². The van der Waals surface area contributed by atoms with Crippen LogP contribution in [0, 0.1) is 23.2 Å². The van der Waals surface area contributed by atoms with Crippen LogP contribution in [0.5, 0.6) is 0 Å². The molecule has 5 nitrogen and oxygen atoms in total. The molecule has 0 saturated heterocycles. The van der Waals surface area contributed by atoms with Gasteiger partial charge in [-0.2, -0.15) is 0 Å². The van der Waals surface area contributed by atoms with Crippen molar-refractivity contribution in [3.8, 4) is 0 Å². The lowest BCUT2D eigenvalue weighted by Crippen LogP contribution is -2.67. The number of carbonyl (C=O) groups is 2. The standard InChI is InChI=1S/C14H21NO4/c15-14(12(18)19,7-11(16)17)13-4-8-1-9(5-13)3-10(2-8)6-13/h8-10H,1-7,15H2,(H,16,17)(H,18,19). The van der Waals surface area contributed by atoms with Gasteiger partial charge in [0.15, 0.2) is 0 Å². The molecule has 4 aliphatic carbocycles. The van der Waals surface area contributed by atoms with E-state index in [1.54, 1.807) is 0 Å². The summed E-state index contributed by atoms with van der Waals surface area (Å²) in [4.78, 5) is 22.8. The minimum absolute atomic E-state index is 0.464. The minimum atomic E-state index is -1.60. The molecule has 106 valence electrons.